The fourth-order valence-electron chi connectivity index (χ4n) is 3.06. The van der Waals surface area contributed by atoms with Gasteiger partial charge < -0.3 is 15.0 Å². The molecule has 1 aromatic carbocycles. The van der Waals surface area contributed by atoms with Crippen molar-refractivity contribution in [2.24, 2.45) is 0 Å². The zero-order valence-electron chi connectivity index (χ0n) is 8.99. The third-order valence-electron chi connectivity index (χ3n) is 3.74. The fraction of sp³-hybridized carbons (Fsp3) is 0.385. The van der Waals surface area contributed by atoms with Crippen molar-refractivity contribution in [3.8, 4) is 0 Å². The zero-order chi connectivity index (χ0) is 10.5. The van der Waals surface area contributed by atoms with E-state index in [0.717, 1.165) is 19.6 Å². The van der Waals surface area contributed by atoms with Gasteiger partial charge in [-0.25, -0.2) is 0 Å². The van der Waals surface area contributed by atoms with E-state index in [0.29, 0.717) is 6.04 Å². The second-order valence-electron chi connectivity index (χ2n) is 4.64. The van der Waals surface area contributed by atoms with Crippen LogP contribution in [0.1, 0.15) is 17.2 Å². The Bertz CT molecular complexity index is 546. The molecule has 2 aromatic rings. The second kappa shape index (κ2) is 3.09. The quantitative estimate of drug-likeness (QED) is 0.701. The molecule has 3 heteroatoms. The molecular weight excluding hydrogens is 200 g/mol. The molecule has 0 amide bonds. The van der Waals surface area contributed by atoms with Crippen molar-refractivity contribution in [2.45, 2.75) is 18.6 Å². The number of H-pyrrole nitrogens is 1. The lowest BCUT2D eigenvalue weighted by atomic mass is 9.86. The van der Waals surface area contributed by atoms with Gasteiger partial charge in [-0.1, -0.05) is 12.1 Å². The van der Waals surface area contributed by atoms with Crippen molar-refractivity contribution in [3.63, 3.8) is 0 Å². The molecule has 1 aromatic heterocycles. The number of aromatic nitrogens is 1. The minimum atomic E-state index is 0.237. The van der Waals surface area contributed by atoms with E-state index in [9.17, 15) is 0 Å². The number of nitrogens with one attached hydrogen (secondary N) is 2. The third kappa shape index (κ3) is 1.05. The second-order valence-corrected chi connectivity index (χ2v) is 4.64. The molecule has 0 bridgehead atoms. The maximum Gasteiger partial charge on any atom is 0.0988 e. The number of aromatic amines is 1. The van der Waals surface area contributed by atoms with Crippen molar-refractivity contribution >= 4 is 10.9 Å². The molecule has 2 aliphatic rings. The first kappa shape index (κ1) is 8.79. The molecule has 2 atom stereocenters. The van der Waals surface area contributed by atoms with E-state index in [4.69, 9.17) is 4.74 Å². The summed E-state index contributed by atoms with van der Waals surface area (Å²) in [6, 6.07) is 6.89. The highest BCUT2D eigenvalue weighted by Gasteiger charge is 2.33. The number of ether oxygens (including phenoxy) is 1. The summed E-state index contributed by atoms with van der Waals surface area (Å²) in [7, 11) is 0. The van der Waals surface area contributed by atoms with Crippen LogP contribution >= 0.6 is 0 Å². The highest BCUT2D eigenvalue weighted by atomic mass is 16.5. The van der Waals surface area contributed by atoms with Gasteiger partial charge in [0.05, 0.1) is 12.7 Å². The fourth-order valence-corrected chi connectivity index (χ4v) is 3.06. The number of hydrogen-bond acceptors (Lipinski definition) is 2. The molecule has 0 saturated carbocycles. The first-order chi connectivity index (χ1) is 7.93. The van der Waals surface area contributed by atoms with E-state index in [2.05, 4.69) is 34.7 Å². The Balaban J connectivity index is 1.98. The summed E-state index contributed by atoms with van der Waals surface area (Å²) in [6.07, 6.45) is 3.45. The van der Waals surface area contributed by atoms with Gasteiger partial charge >= 0.3 is 0 Å². The van der Waals surface area contributed by atoms with Crippen molar-refractivity contribution in [1.29, 1.82) is 0 Å². The van der Waals surface area contributed by atoms with E-state index in [1.54, 1.807) is 0 Å². The minimum absolute atomic E-state index is 0.237. The monoisotopic (exact) mass is 214 g/mol. The number of rotatable bonds is 0. The molecule has 1 aliphatic heterocycles. The van der Waals surface area contributed by atoms with Crippen LogP contribution in [0.25, 0.3) is 10.9 Å². The van der Waals surface area contributed by atoms with Gasteiger partial charge in [0.25, 0.3) is 0 Å². The van der Waals surface area contributed by atoms with Crippen LogP contribution in [0.4, 0.5) is 0 Å². The van der Waals surface area contributed by atoms with Crippen LogP contribution in [-0.2, 0) is 11.2 Å². The van der Waals surface area contributed by atoms with E-state index < -0.39 is 0 Å². The van der Waals surface area contributed by atoms with Gasteiger partial charge in [-0.2, -0.15) is 0 Å². The van der Waals surface area contributed by atoms with Gasteiger partial charge in [0.2, 0.25) is 0 Å². The average molecular weight is 214 g/mol. The summed E-state index contributed by atoms with van der Waals surface area (Å²) in [5.41, 5.74) is 4.00. The SMILES string of the molecule is c1cc2c3c(c[nH]c3c1)C[C@@H]1NCCO[C@@H]21. The highest BCUT2D eigenvalue weighted by Crippen LogP contribution is 2.38. The maximum atomic E-state index is 5.92. The van der Waals surface area contributed by atoms with Crippen molar-refractivity contribution in [1.82, 2.24) is 10.3 Å². The van der Waals surface area contributed by atoms with Gasteiger partial charge in [0.15, 0.2) is 0 Å². The normalized spacial score (nSPS) is 28.0. The van der Waals surface area contributed by atoms with Crippen LogP contribution in [0.3, 0.4) is 0 Å². The average Bonchev–Trinajstić information content (AvgIpc) is 2.75. The largest absolute Gasteiger partial charge is 0.371 e. The molecule has 1 fully saturated rings. The summed E-state index contributed by atoms with van der Waals surface area (Å²) < 4.78 is 5.92. The minimum Gasteiger partial charge on any atom is -0.371 e. The third-order valence-corrected chi connectivity index (χ3v) is 3.74. The smallest absolute Gasteiger partial charge is 0.0988 e. The molecule has 1 saturated heterocycles. The van der Waals surface area contributed by atoms with Crippen molar-refractivity contribution in [3.05, 3.63) is 35.5 Å². The van der Waals surface area contributed by atoms with E-state index in [1.807, 2.05) is 0 Å². The predicted octanol–water partition coefficient (Wildman–Crippen LogP) is 1.75. The molecule has 0 spiro atoms. The first-order valence-corrected chi connectivity index (χ1v) is 5.87. The van der Waals surface area contributed by atoms with Crippen LogP contribution in [0.5, 0.6) is 0 Å². The maximum absolute atomic E-state index is 5.92. The highest BCUT2D eigenvalue weighted by molar-refractivity contribution is 5.88. The Hall–Kier alpha value is -1.32. The molecule has 82 valence electrons. The zero-order valence-corrected chi connectivity index (χ0v) is 8.99. The Morgan fingerprint density at radius 3 is 3.31 bits per heavy atom. The van der Waals surface area contributed by atoms with E-state index in [-0.39, 0.29) is 6.10 Å². The molecule has 2 N–H and O–H groups in total. The molecule has 4 rings (SSSR count). The van der Waals surface area contributed by atoms with E-state index >= 15 is 0 Å². The summed E-state index contributed by atoms with van der Waals surface area (Å²) in [6.45, 7) is 1.79. The number of benzene rings is 1. The van der Waals surface area contributed by atoms with Gasteiger partial charge in [-0.3, -0.25) is 0 Å². The van der Waals surface area contributed by atoms with Gasteiger partial charge in [-0.05, 0) is 23.6 Å². The number of morpholine rings is 1. The van der Waals surface area contributed by atoms with E-state index in [1.165, 1.54) is 22.0 Å². The Kier molecular flexibility index (Phi) is 1.70. The van der Waals surface area contributed by atoms with Crippen LogP contribution in [0.15, 0.2) is 24.4 Å². The molecule has 2 heterocycles. The predicted molar refractivity (Wildman–Crippen MR) is 62.5 cm³/mol. The van der Waals surface area contributed by atoms with Gasteiger partial charge in [0, 0.05) is 29.7 Å². The Labute approximate surface area is 93.8 Å². The summed E-state index contributed by atoms with van der Waals surface area (Å²) in [5, 5.41) is 4.94. The summed E-state index contributed by atoms with van der Waals surface area (Å²) in [5.74, 6) is 0. The standard InChI is InChI=1S/C13H14N2O/c1-2-9-12-8(7-15-10(12)3-1)6-11-13(9)16-5-4-14-11/h1-3,7,11,13-15H,4-6H2/t11-,13-/m0/s1. The molecule has 1 aliphatic carbocycles. The first-order valence-electron chi connectivity index (χ1n) is 5.87. The van der Waals surface area contributed by atoms with Crippen LogP contribution < -0.4 is 5.32 Å². The van der Waals surface area contributed by atoms with Gasteiger partial charge in [-0.15, -0.1) is 0 Å². The number of hydrogen-bond donors (Lipinski definition) is 2. The molecule has 16 heavy (non-hydrogen) atoms. The molecule has 0 unspecified atom stereocenters. The lowest BCUT2D eigenvalue weighted by molar-refractivity contribution is -0.00620. The lowest BCUT2D eigenvalue weighted by Gasteiger charge is -2.36. The molecule has 0 radical (unpaired) electrons. The van der Waals surface area contributed by atoms with Crippen LogP contribution in [-0.4, -0.2) is 24.2 Å². The van der Waals surface area contributed by atoms with Crippen LogP contribution in [0.2, 0.25) is 0 Å². The topological polar surface area (TPSA) is 37.0 Å². The number of fused-ring (bicyclic) bond motifs is 2. The van der Waals surface area contributed by atoms with Crippen molar-refractivity contribution in [2.75, 3.05) is 13.2 Å². The molecular formula is C13H14N2O. The Morgan fingerprint density at radius 1 is 1.31 bits per heavy atom. The molecule has 3 nitrogen and oxygen atoms in total. The van der Waals surface area contributed by atoms with Crippen molar-refractivity contribution < 1.29 is 4.74 Å². The summed E-state index contributed by atoms with van der Waals surface area (Å²) >= 11 is 0. The lowest BCUT2D eigenvalue weighted by Crippen LogP contribution is -2.46. The summed E-state index contributed by atoms with van der Waals surface area (Å²) in [4.78, 5) is 3.35. The van der Waals surface area contributed by atoms with Gasteiger partial charge in [0.1, 0.15) is 0 Å². The van der Waals surface area contributed by atoms with Crippen LogP contribution in [0, 0.1) is 0 Å². The Morgan fingerprint density at radius 2 is 2.31 bits per heavy atom.